The van der Waals surface area contributed by atoms with Crippen molar-refractivity contribution in [3.05, 3.63) is 85.1 Å². The molecule has 0 saturated carbocycles. The number of hydrogen-bond acceptors (Lipinski definition) is 7. The Bertz CT molecular complexity index is 1150. The summed E-state index contributed by atoms with van der Waals surface area (Å²) in [7, 11) is -4.81. The molecule has 9 nitrogen and oxygen atoms in total. The molecule has 302 valence electrons. The number of aliphatic hydroxyl groups is 1. The van der Waals surface area contributed by atoms with Crippen molar-refractivity contribution in [2.24, 2.45) is 0 Å². The van der Waals surface area contributed by atoms with Crippen molar-refractivity contribution in [2.45, 2.75) is 161 Å². The van der Waals surface area contributed by atoms with Crippen molar-refractivity contribution in [3.8, 4) is 0 Å². The zero-order valence-corrected chi connectivity index (χ0v) is 33.6. The maximum atomic E-state index is 12.4. The summed E-state index contributed by atoms with van der Waals surface area (Å²) in [6, 6.07) is 0. The van der Waals surface area contributed by atoms with Gasteiger partial charge in [-0.1, -0.05) is 150 Å². The van der Waals surface area contributed by atoms with Gasteiger partial charge in [-0.15, -0.1) is 0 Å². The lowest BCUT2D eigenvalue weighted by Gasteiger charge is -2.18. The van der Waals surface area contributed by atoms with Crippen LogP contribution in [0.4, 0.5) is 0 Å². The molecule has 0 aliphatic heterocycles. The second-order valence-electron chi connectivity index (χ2n) is 13.1. The Morgan fingerprint density at radius 2 is 1.13 bits per heavy atom. The van der Waals surface area contributed by atoms with Gasteiger partial charge < -0.3 is 24.4 Å². The summed E-state index contributed by atoms with van der Waals surface area (Å²) < 4.78 is 26.2. The quantitative estimate of drug-likeness (QED) is 0.0189. The van der Waals surface area contributed by atoms with Gasteiger partial charge in [0.2, 0.25) is 0 Å². The number of allylic oxidation sites excluding steroid dienone is 13. The lowest BCUT2D eigenvalue weighted by molar-refractivity contribution is -0.161. The zero-order valence-electron chi connectivity index (χ0n) is 32.7. The number of rotatable bonds is 35. The van der Waals surface area contributed by atoms with Crippen LogP contribution in [0.25, 0.3) is 0 Å². The van der Waals surface area contributed by atoms with Crippen molar-refractivity contribution in [1.29, 1.82) is 0 Å². The molecular formula is C43H71O9P. The molecule has 0 spiro atoms. The van der Waals surface area contributed by atoms with Crippen LogP contribution in [0.2, 0.25) is 0 Å². The largest absolute Gasteiger partial charge is 0.469 e. The molecule has 0 radical (unpaired) electrons. The average Bonchev–Trinajstić information content (AvgIpc) is 3.12. The van der Waals surface area contributed by atoms with Crippen LogP contribution in [-0.2, 0) is 28.2 Å². The molecule has 0 amide bonds. The van der Waals surface area contributed by atoms with Crippen molar-refractivity contribution < 1.29 is 43.0 Å². The first-order valence-corrected chi connectivity index (χ1v) is 21.5. The van der Waals surface area contributed by atoms with E-state index in [-0.39, 0.29) is 19.3 Å². The van der Waals surface area contributed by atoms with Crippen molar-refractivity contribution in [2.75, 3.05) is 13.2 Å². The van der Waals surface area contributed by atoms with Gasteiger partial charge in [0, 0.05) is 12.8 Å². The van der Waals surface area contributed by atoms with Crippen LogP contribution < -0.4 is 0 Å². The predicted octanol–water partition coefficient (Wildman–Crippen LogP) is 11.0. The molecule has 0 fully saturated rings. The summed E-state index contributed by atoms with van der Waals surface area (Å²) in [6.45, 7) is 3.33. The van der Waals surface area contributed by atoms with E-state index in [1.165, 1.54) is 51.4 Å². The fraction of sp³-hybridized carbons (Fsp3) is 0.628. The molecular weight excluding hydrogens is 691 g/mol. The molecule has 2 atom stereocenters. The van der Waals surface area contributed by atoms with Crippen molar-refractivity contribution >= 4 is 19.8 Å². The lowest BCUT2D eigenvalue weighted by Crippen LogP contribution is -2.29. The number of unbranched alkanes of at least 4 members (excludes halogenated alkanes) is 11. The van der Waals surface area contributed by atoms with E-state index in [0.717, 1.165) is 57.8 Å². The second kappa shape index (κ2) is 37.5. The number of hydrogen-bond donors (Lipinski definition) is 3. The maximum Gasteiger partial charge on any atom is 0.469 e. The highest BCUT2D eigenvalue weighted by atomic mass is 31.2. The van der Waals surface area contributed by atoms with E-state index >= 15 is 0 Å². The molecule has 0 aromatic carbocycles. The molecule has 0 heterocycles. The van der Waals surface area contributed by atoms with Gasteiger partial charge in [0.25, 0.3) is 0 Å². The minimum Gasteiger partial charge on any atom is -0.462 e. The number of phosphoric ester groups is 1. The third-order valence-electron chi connectivity index (χ3n) is 8.02. The molecule has 10 heteroatoms. The lowest BCUT2D eigenvalue weighted by atomic mass is 10.1. The first-order valence-electron chi connectivity index (χ1n) is 20.0. The van der Waals surface area contributed by atoms with Gasteiger partial charge in [0.15, 0.2) is 6.10 Å². The van der Waals surface area contributed by atoms with Crippen LogP contribution in [0.3, 0.4) is 0 Å². The van der Waals surface area contributed by atoms with Gasteiger partial charge in [-0.2, -0.15) is 0 Å². The van der Waals surface area contributed by atoms with Gasteiger partial charge in [0.1, 0.15) is 6.61 Å². The molecule has 0 saturated heterocycles. The van der Waals surface area contributed by atoms with Gasteiger partial charge in [0.05, 0.1) is 12.7 Å². The standard InChI is InChI=1S/C43H71O9P/c1-3-5-7-9-11-13-15-17-19-21-22-24-26-28-30-32-34-40(44)36-37-42(45)50-38-41(39-51-53(47,48)49)52-43(46)35-33-31-29-27-25-23-20-18-16-14-12-10-8-6-4-2/h5,7,11,13-14,16-17,19,22,24,28,30,32,34,40-41,44H,3-4,6,8-10,12,15,18,20-21,23,25-27,29,31,33,35-39H2,1-2H3,(H2,47,48,49)/b7-5-,13-11-,16-14-,19-17-,24-22-,30-28-,34-32-/t40?,41-/m1/s1. The minimum atomic E-state index is -4.81. The highest BCUT2D eigenvalue weighted by molar-refractivity contribution is 7.46. The molecule has 0 rings (SSSR count). The van der Waals surface area contributed by atoms with E-state index in [1.807, 2.05) is 12.2 Å². The molecule has 0 aliphatic rings. The van der Waals surface area contributed by atoms with Gasteiger partial charge in [-0.25, -0.2) is 4.57 Å². The highest BCUT2D eigenvalue weighted by Crippen LogP contribution is 2.36. The molecule has 0 aromatic heterocycles. The van der Waals surface area contributed by atoms with E-state index in [9.17, 15) is 19.3 Å². The van der Waals surface area contributed by atoms with E-state index < -0.39 is 45.2 Å². The average molecular weight is 763 g/mol. The molecule has 0 aromatic rings. The normalized spacial score (nSPS) is 14.0. The number of carbonyl (C=O) groups is 2. The smallest absolute Gasteiger partial charge is 0.462 e. The molecule has 0 aliphatic carbocycles. The Morgan fingerprint density at radius 1 is 0.604 bits per heavy atom. The first-order chi connectivity index (χ1) is 25.7. The molecule has 1 unspecified atom stereocenters. The number of carbonyl (C=O) groups excluding carboxylic acids is 2. The van der Waals surface area contributed by atoms with Crippen LogP contribution in [0, 0.1) is 0 Å². The monoisotopic (exact) mass is 762 g/mol. The van der Waals surface area contributed by atoms with Crippen LogP contribution in [0.1, 0.15) is 149 Å². The minimum absolute atomic E-state index is 0.0903. The van der Waals surface area contributed by atoms with Crippen LogP contribution in [0.15, 0.2) is 85.1 Å². The summed E-state index contributed by atoms with van der Waals surface area (Å²) >= 11 is 0. The topological polar surface area (TPSA) is 140 Å². The SMILES string of the molecule is CC/C=C\C/C=C\C/C=C\C/C=C\C/C=C\C=C/C(O)CCC(=O)OC[C@H](COP(=O)(O)O)OC(=O)CCCCCCCCC/C=C\CCCCCC. The first kappa shape index (κ1) is 50.2. The van der Waals surface area contributed by atoms with E-state index in [2.05, 4.69) is 79.1 Å². The number of phosphoric acid groups is 1. The Balaban J connectivity index is 4.21. The number of esters is 2. The van der Waals surface area contributed by atoms with Gasteiger partial charge in [-0.3, -0.25) is 14.1 Å². The Kier molecular flexibility index (Phi) is 35.5. The van der Waals surface area contributed by atoms with E-state index in [4.69, 9.17) is 19.3 Å². The summed E-state index contributed by atoms with van der Waals surface area (Å²) in [5.41, 5.74) is 0. The maximum absolute atomic E-state index is 12.4. The Labute approximate surface area is 321 Å². The summed E-state index contributed by atoms with van der Waals surface area (Å²) in [6.07, 6.45) is 46.3. The Morgan fingerprint density at radius 3 is 1.70 bits per heavy atom. The fourth-order valence-electron chi connectivity index (χ4n) is 5.01. The number of ether oxygens (including phenoxy) is 2. The molecule has 53 heavy (non-hydrogen) atoms. The van der Waals surface area contributed by atoms with Crippen molar-refractivity contribution in [1.82, 2.24) is 0 Å². The van der Waals surface area contributed by atoms with Crippen LogP contribution in [0.5, 0.6) is 0 Å². The van der Waals surface area contributed by atoms with Gasteiger partial charge in [-0.05, 0) is 70.6 Å². The van der Waals surface area contributed by atoms with Crippen LogP contribution >= 0.6 is 7.82 Å². The van der Waals surface area contributed by atoms with E-state index in [0.29, 0.717) is 6.42 Å². The third-order valence-corrected chi connectivity index (χ3v) is 8.50. The highest BCUT2D eigenvalue weighted by Gasteiger charge is 2.23. The van der Waals surface area contributed by atoms with Crippen molar-refractivity contribution in [3.63, 3.8) is 0 Å². The zero-order chi connectivity index (χ0) is 39.1. The number of aliphatic hydroxyl groups excluding tert-OH is 1. The van der Waals surface area contributed by atoms with E-state index in [1.54, 1.807) is 12.2 Å². The third kappa shape index (κ3) is 40.2. The molecule has 0 bridgehead atoms. The van der Waals surface area contributed by atoms with Gasteiger partial charge >= 0.3 is 19.8 Å². The predicted molar refractivity (Wildman–Crippen MR) is 217 cm³/mol. The summed E-state index contributed by atoms with van der Waals surface area (Å²) in [5.74, 6) is -1.18. The summed E-state index contributed by atoms with van der Waals surface area (Å²) in [5, 5.41) is 10.2. The van der Waals surface area contributed by atoms with Crippen LogP contribution in [-0.4, -0.2) is 52.3 Å². The Hall–Kier alpha value is -2.81. The fourth-order valence-corrected chi connectivity index (χ4v) is 5.37. The second-order valence-corrected chi connectivity index (χ2v) is 14.3. The summed E-state index contributed by atoms with van der Waals surface area (Å²) in [4.78, 5) is 42.8. The molecule has 3 N–H and O–H groups in total.